The first-order chi connectivity index (χ1) is 8.61. The molecule has 1 aliphatic heterocycles. The van der Waals surface area contributed by atoms with E-state index in [0.717, 1.165) is 0 Å². The molecule has 112 valence electrons. The number of rotatable bonds is 4. The highest BCUT2D eigenvalue weighted by Crippen LogP contribution is 2.40. The van der Waals surface area contributed by atoms with Crippen LogP contribution in [0.2, 0.25) is 0 Å². The maximum atomic E-state index is 10.7. The second-order valence-corrected chi connectivity index (χ2v) is 5.24. The highest BCUT2D eigenvalue weighted by Gasteiger charge is 2.46. The Hall–Kier alpha value is -0.580. The molecule has 0 saturated carbocycles. The third kappa shape index (κ3) is 4.79. The zero-order valence-corrected chi connectivity index (χ0v) is 10.8. The van der Waals surface area contributed by atoms with E-state index in [-0.39, 0.29) is 6.54 Å². The molecule has 1 saturated heterocycles. The fraction of sp³-hybridized carbons (Fsp3) is 0.875. The Morgan fingerprint density at radius 2 is 1.84 bits per heavy atom. The molecular weight excluding hydrogens is 285 g/mol. The number of hydrogen-bond donors (Lipinski definition) is 6. The lowest BCUT2D eigenvalue weighted by atomic mass is 9.99. The number of carbonyl (C=O) groups excluding carboxylic acids is 1. The lowest BCUT2D eigenvalue weighted by Gasteiger charge is -2.40. The molecule has 0 unspecified atom stereocenters. The number of phosphoric ester groups is 1. The standard InChI is InChI=1S/C8H16NO9P/c1-3(10)9-2-4-5(11)6(12)7(13)8(17-4)18-19(14,15)16/h4-8,11-13H,2H2,1H3,(H,9,10)(H2,14,15,16)/t4-,5-,6+,7-,8-/m1/s1. The van der Waals surface area contributed by atoms with Gasteiger partial charge in [-0.25, -0.2) is 4.57 Å². The predicted octanol–water partition coefficient (Wildman–Crippen LogP) is -2.96. The molecule has 0 bridgehead atoms. The van der Waals surface area contributed by atoms with Gasteiger partial charge in [0.15, 0.2) is 6.29 Å². The Labute approximate surface area is 108 Å². The van der Waals surface area contributed by atoms with Crippen LogP contribution in [-0.4, -0.2) is 68.3 Å². The van der Waals surface area contributed by atoms with Crippen LogP contribution in [0.4, 0.5) is 0 Å². The lowest BCUT2D eigenvalue weighted by Crippen LogP contribution is -2.60. The van der Waals surface area contributed by atoms with Crippen molar-refractivity contribution in [3.8, 4) is 0 Å². The SMILES string of the molecule is CC(=O)NC[C@H]1O[C@H](OP(=O)(O)O)[C@H](O)[C@@H](O)[C@@H]1O. The van der Waals surface area contributed by atoms with Crippen LogP contribution in [0, 0.1) is 0 Å². The topological polar surface area (TPSA) is 166 Å². The van der Waals surface area contributed by atoms with Crippen molar-refractivity contribution in [3.63, 3.8) is 0 Å². The Morgan fingerprint density at radius 3 is 2.32 bits per heavy atom. The molecule has 1 rings (SSSR count). The summed E-state index contributed by atoms with van der Waals surface area (Å²) in [5.74, 6) is -0.427. The molecule has 0 aromatic rings. The second-order valence-electron chi connectivity index (χ2n) is 4.05. The fourth-order valence-electron chi connectivity index (χ4n) is 1.55. The fourth-order valence-corrected chi connectivity index (χ4v) is 2.00. The molecule has 0 aromatic heterocycles. The summed E-state index contributed by atoms with van der Waals surface area (Å²) in [6, 6.07) is 0. The summed E-state index contributed by atoms with van der Waals surface area (Å²) in [6.07, 6.45) is -8.12. The number of aliphatic hydroxyl groups excluding tert-OH is 3. The van der Waals surface area contributed by atoms with E-state index >= 15 is 0 Å². The molecular formula is C8H16NO9P. The minimum absolute atomic E-state index is 0.221. The third-order valence-corrected chi connectivity index (χ3v) is 2.94. The van der Waals surface area contributed by atoms with Crippen molar-refractivity contribution in [3.05, 3.63) is 0 Å². The van der Waals surface area contributed by atoms with Crippen molar-refractivity contribution in [1.82, 2.24) is 5.32 Å². The summed E-state index contributed by atoms with van der Waals surface area (Å²) in [7, 11) is -4.95. The smallest absolute Gasteiger partial charge is 0.388 e. The number of phosphoric acid groups is 1. The van der Waals surface area contributed by atoms with Gasteiger partial charge in [-0.15, -0.1) is 0 Å². The molecule has 10 nitrogen and oxygen atoms in total. The van der Waals surface area contributed by atoms with E-state index in [0.29, 0.717) is 0 Å². The van der Waals surface area contributed by atoms with Crippen LogP contribution >= 0.6 is 7.82 Å². The van der Waals surface area contributed by atoms with Gasteiger partial charge in [0.25, 0.3) is 0 Å². The molecule has 0 aromatic carbocycles. The highest BCUT2D eigenvalue weighted by molar-refractivity contribution is 7.46. The molecule has 0 aliphatic carbocycles. The van der Waals surface area contributed by atoms with Crippen molar-refractivity contribution in [2.24, 2.45) is 0 Å². The van der Waals surface area contributed by atoms with E-state index in [2.05, 4.69) is 9.84 Å². The van der Waals surface area contributed by atoms with Gasteiger partial charge in [0.1, 0.15) is 24.4 Å². The van der Waals surface area contributed by atoms with E-state index in [1.165, 1.54) is 6.92 Å². The lowest BCUT2D eigenvalue weighted by molar-refractivity contribution is -0.274. The molecule has 11 heteroatoms. The zero-order chi connectivity index (χ0) is 14.8. The van der Waals surface area contributed by atoms with Gasteiger partial charge in [0.2, 0.25) is 5.91 Å². The van der Waals surface area contributed by atoms with Crippen molar-refractivity contribution < 1.29 is 43.7 Å². The van der Waals surface area contributed by atoms with Crippen LogP contribution in [0.15, 0.2) is 0 Å². The van der Waals surface area contributed by atoms with Gasteiger partial charge < -0.3 is 35.2 Å². The van der Waals surface area contributed by atoms with Crippen LogP contribution in [0.5, 0.6) is 0 Å². The van der Waals surface area contributed by atoms with Gasteiger partial charge in [-0.3, -0.25) is 9.32 Å². The average Bonchev–Trinajstić information content (AvgIpc) is 2.26. The number of hydrogen-bond acceptors (Lipinski definition) is 7. The molecule has 6 N–H and O–H groups in total. The van der Waals surface area contributed by atoms with Crippen LogP contribution in [-0.2, 0) is 18.6 Å². The first-order valence-corrected chi connectivity index (χ1v) is 6.83. The van der Waals surface area contributed by atoms with Gasteiger partial charge in [-0.1, -0.05) is 0 Å². The molecule has 0 radical (unpaired) electrons. The number of amides is 1. The normalized spacial score (nSPS) is 36.0. The van der Waals surface area contributed by atoms with Crippen molar-refractivity contribution >= 4 is 13.7 Å². The Balaban J connectivity index is 2.73. The molecule has 1 aliphatic rings. The zero-order valence-electron chi connectivity index (χ0n) is 9.91. The third-order valence-electron chi connectivity index (χ3n) is 2.46. The van der Waals surface area contributed by atoms with Gasteiger partial charge in [-0.05, 0) is 0 Å². The molecule has 1 amide bonds. The van der Waals surface area contributed by atoms with Crippen molar-refractivity contribution in [2.45, 2.75) is 37.6 Å². The quantitative estimate of drug-likeness (QED) is 0.297. The van der Waals surface area contributed by atoms with Crippen LogP contribution in [0.25, 0.3) is 0 Å². The minimum atomic E-state index is -4.95. The summed E-state index contributed by atoms with van der Waals surface area (Å²) < 4.78 is 19.7. The second kappa shape index (κ2) is 6.25. The van der Waals surface area contributed by atoms with Crippen LogP contribution in [0.1, 0.15) is 6.92 Å². The predicted molar refractivity (Wildman–Crippen MR) is 58.5 cm³/mol. The van der Waals surface area contributed by atoms with E-state index < -0.39 is 44.4 Å². The minimum Gasteiger partial charge on any atom is -0.388 e. The van der Waals surface area contributed by atoms with Crippen LogP contribution < -0.4 is 5.32 Å². The summed E-state index contributed by atoms with van der Waals surface area (Å²) in [5.41, 5.74) is 0. The molecule has 0 spiro atoms. The monoisotopic (exact) mass is 301 g/mol. The Kier molecular flexibility index (Phi) is 5.42. The first-order valence-electron chi connectivity index (χ1n) is 5.30. The Bertz CT molecular complexity index is 371. The number of nitrogens with one attached hydrogen (secondary N) is 1. The average molecular weight is 301 g/mol. The van der Waals surface area contributed by atoms with E-state index in [4.69, 9.17) is 14.5 Å². The number of carbonyl (C=O) groups is 1. The van der Waals surface area contributed by atoms with Gasteiger partial charge >= 0.3 is 7.82 Å². The number of aliphatic hydroxyl groups is 3. The van der Waals surface area contributed by atoms with Gasteiger partial charge in [0.05, 0.1) is 0 Å². The maximum absolute atomic E-state index is 10.7. The summed E-state index contributed by atoms with van der Waals surface area (Å²) in [4.78, 5) is 28.0. The molecule has 1 heterocycles. The van der Waals surface area contributed by atoms with Crippen LogP contribution in [0.3, 0.4) is 0 Å². The highest BCUT2D eigenvalue weighted by atomic mass is 31.2. The molecule has 19 heavy (non-hydrogen) atoms. The maximum Gasteiger partial charge on any atom is 0.472 e. The first kappa shape index (κ1) is 16.5. The Morgan fingerprint density at radius 1 is 1.26 bits per heavy atom. The van der Waals surface area contributed by atoms with E-state index in [1.54, 1.807) is 0 Å². The molecule has 1 fully saturated rings. The van der Waals surface area contributed by atoms with Crippen molar-refractivity contribution in [1.29, 1.82) is 0 Å². The summed E-state index contributed by atoms with van der Waals surface area (Å²) >= 11 is 0. The largest absolute Gasteiger partial charge is 0.472 e. The van der Waals surface area contributed by atoms with Crippen molar-refractivity contribution in [2.75, 3.05) is 6.54 Å². The van der Waals surface area contributed by atoms with E-state index in [1.807, 2.05) is 0 Å². The summed E-state index contributed by atoms with van der Waals surface area (Å²) in [5, 5.41) is 30.9. The number of ether oxygens (including phenoxy) is 1. The van der Waals surface area contributed by atoms with E-state index in [9.17, 15) is 24.7 Å². The molecule has 5 atom stereocenters. The van der Waals surface area contributed by atoms with Gasteiger partial charge in [0, 0.05) is 13.5 Å². The van der Waals surface area contributed by atoms with Gasteiger partial charge in [-0.2, -0.15) is 0 Å². The summed E-state index contributed by atoms with van der Waals surface area (Å²) in [6.45, 7) is 0.991.